The lowest BCUT2D eigenvalue weighted by Gasteiger charge is -2.36. The number of aliphatic hydroxyl groups is 1. The third kappa shape index (κ3) is 6.77. The Morgan fingerprint density at radius 1 is 0.857 bits per heavy atom. The first-order chi connectivity index (χ1) is 20.1. The molecule has 1 amide bonds. The monoisotopic (exact) mass is 587 g/mol. The van der Waals surface area contributed by atoms with Gasteiger partial charge in [0.25, 0.3) is 5.91 Å². The van der Waals surface area contributed by atoms with E-state index in [0.29, 0.717) is 22.8 Å². The Morgan fingerprint density at radius 2 is 1.43 bits per heavy atom. The van der Waals surface area contributed by atoms with Crippen LogP contribution in [0.1, 0.15) is 31.4 Å². The number of carbonyl (C=O) groups excluding carboxylic acids is 2. The Kier molecular flexibility index (Phi) is 9.90. The molecule has 0 fully saturated rings. The van der Waals surface area contributed by atoms with Crippen molar-refractivity contribution in [3.05, 3.63) is 114 Å². The van der Waals surface area contributed by atoms with E-state index >= 15 is 0 Å². The van der Waals surface area contributed by atoms with Gasteiger partial charge in [0.05, 0.1) is 17.0 Å². The molecule has 4 aromatic rings. The second-order valence-corrected chi connectivity index (χ2v) is 12.2. The molecule has 42 heavy (non-hydrogen) atoms. The van der Waals surface area contributed by atoms with Crippen LogP contribution >= 0.6 is 0 Å². The van der Waals surface area contributed by atoms with E-state index in [-0.39, 0.29) is 17.9 Å². The lowest BCUT2D eigenvalue weighted by molar-refractivity contribution is -0.156. The second-order valence-electron chi connectivity index (χ2n) is 10.6. The molecular weight excluding hydrogens is 550 g/mol. The van der Waals surface area contributed by atoms with Crippen LogP contribution in [0.25, 0.3) is 10.8 Å². The molecule has 0 aliphatic carbocycles. The van der Waals surface area contributed by atoms with Crippen LogP contribution in [0.15, 0.2) is 108 Å². The summed E-state index contributed by atoms with van der Waals surface area (Å²) >= 11 is 0. The highest BCUT2D eigenvalue weighted by Gasteiger charge is 2.53. The van der Waals surface area contributed by atoms with Crippen LogP contribution in [-0.2, 0) is 32.6 Å². The first-order valence-electron chi connectivity index (χ1n) is 14.0. The van der Waals surface area contributed by atoms with Crippen LogP contribution in [0.4, 0.5) is 0 Å². The number of rotatable bonds is 13. The van der Waals surface area contributed by atoms with Crippen molar-refractivity contribution in [2.24, 2.45) is 11.7 Å². The molecule has 8 nitrogen and oxygen atoms in total. The summed E-state index contributed by atoms with van der Waals surface area (Å²) in [4.78, 5) is 28.0. The highest BCUT2D eigenvalue weighted by molar-refractivity contribution is 7.89. The molecule has 4 aromatic carbocycles. The molecule has 0 aromatic heterocycles. The van der Waals surface area contributed by atoms with Crippen molar-refractivity contribution in [2.75, 3.05) is 0 Å². The van der Waals surface area contributed by atoms with Crippen LogP contribution in [0, 0.1) is 5.92 Å². The van der Waals surface area contributed by atoms with Gasteiger partial charge in [-0.25, -0.2) is 13.1 Å². The van der Waals surface area contributed by atoms with Crippen molar-refractivity contribution in [1.82, 2.24) is 10.0 Å². The van der Waals surface area contributed by atoms with Crippen LogP contribution in [0.5, 0.6) is 0 Å². The average molecular weight is 588 g/mol. The van der Waals surface area contributed by atoms with Crippen molar-refractivity contribution >= 4 is 32.5 Å². The topological polar surface area (TPSA) is 139 Å². The van der Waals surface area contributed by atoms with Crippen LogP contribution in [0.2, 0.25) is 0 Å². The summed E-state index contributed by atoms with van der Waals surface area (Å²) in [6.07, 6.45) is 0.398. The Balaban J connectivity index is 1.72. The van der Waals surface area contributed by atoms with Crippen molar-refractivity contribution in [2.45, 2.75) is 55.8 Å². The molecule has 9 heteroatoms. The number of amides is 1. The Morgan fingerprint density at radius 3 is 2.07 bits per heavy atom. The number of sulfonamides is 1. The van der Waals surface area contributed by atoms with Crippen LogP contribution < -0.4 is 15.8 Å². The summed E-state index contributed by atoms with van der Waals surface area (Å²) in [5.74, 6) is -2.56. The maximum absolute atomic E-state index is 14.3. The molecule has 0 radical (unpaired) electrons. The van der Waals surface area contributed by atoms with Crippen molar-refractivity contribution in [1.29, 1.82) is 0 Å². The molecule has 0 aliphatic heterocycles. The molecule has 220 valence electrons. The van der Waals surface area contributed by atoms with E-state index in [1.165, 1.54) is 6.07 Å². The number of fused-ring (bicyclic) bond motifs is 1. The summed E-state index contributed by atoms with van der Waals surface area (Å²) in [6, 6.07) is 27.1. The van der Waals surface area contributed by atoms with Gasteiger partial charge in [-0.05, 0) is 34.9 Å². The van der Waals surface area contributed by atoms with Gasteiger partial charge in [0, 0.05) is 11.9 Å². The minimum Gasteiger partial charge on any atom is -0.372 e. The first-order valence-corrected chi connectivity index (χ1v) is 15.4. The van der Waals surface area contributed by atoms with E-state index in [1.54, 1.807) is 98.8 Å². The predicted octanol–water partition coefficient (Wildman–Crippen LogP) is 3.72. The molecule has 0 bridgehead atoms. The van der Waals surface area contributed by atoms with Gasteiger partial charge in [-0.1, -0.05) is 117 Å². The number of hydrogen-bond donors (Lipinski definition) is 4. The number of nitrogens with two attached hydrogens (primary N) is 1. The van der Waals surface area contributed by atoms with Gasteiger partial charge in [0.2, 0.25) is 15.6 Å². The smallest absolute Gasteiger partial charge is 0.261 e. The highest BCUT2D eigenvalue weighted by Crippen LogP contribution is 2.27. The fourth-order valence-electron chi connectivity index (χ4n) is 4.95. The molecule has 0 aliphatic rings. The number of carbonyl (C=O) groups is 2. The Hall–Kier alpha value is -3.89. The SMILES string of the molecule is CC[C@H](C)[C@H](NS(=O)(=O)c1cccc2ccccc12)C(=O)[C@@](O)(C(=O)NCc1ccccc1)[C@@H](N)Cc1ccccc1. The largest absolute Gasteiger partial charge is 0.372 e. The zero-order valence-corrected chi connectivity index (χ0v) is 24.6. The van der Waals surface area contributed by atoms with Gasteiger partial charge in [-0.2, -0.15) is 0 Å². The van der Waals surface area contributed by atoms with Crippen molar-refractivity contribution in [3.8, 4) is 0 Å². The van der Waals surface area contributed by atoms with Gasteiger partial charge in [-0.3, -0.25) is 9.59 Å². The van der Waals surface area contributed by atoms with E-state index in [2.05, 4.69) is 10.0 Å². The fourth-order valence-corrected chi connectivity index (χ4v) is 6.49. The van der Waals surface area contributed by atoms with Crippen LogP contribution in [-0.4, -0.2) is 42.9 Å². The maximum Gasteiger partial charge on any atom is 0.261 e. The molecule has 0 saturated carbocycles. The fraction of sp³-hybridized carbons (Fsp3) is 0.273. The second kappa shape index (κ2) is 13.4. The van der Waals surface area contributed by atoms with E-state index < -0.39 is 45.3 Å². The molecule has 0 heterocycles. The number of benzene rings is 4. The summed E-state index contributed by atoms with van der Waals surface area (Å²) in [5, 5.41) is 15.8. The Labute approximate surface area is 247 Å². The standard InChI is InChI=1S/C33H37N3O5S/c1-3-23(2)30(36-42(40,41)28-20-12-18-26-17-10-11-19-27(26)28)31(37)33(39,29(34)21-24-13-6-4-7-14-24)32(38)35-22-25-15-8-5-9-16-25/h4-20,23,29-30,36,39H,3,21-22,34H2,1-2H3,(H,35,38)/t23-,29-,30-,33+/m0/s1. The van der Waals surface area contributed by atoms with Gasteiger partial charge in [0.1, 0.15) is 0 Å². The minimum absolute atomic E-state index is 0.00510. The predicted molar refractivity (Wildman–Crippen MR) is 164 cm³/mol. The molecule has 5 N–H and O–H groups in total. The first kappa shape index (κ1) is 31.1. The zero-order valence-electron chi connectivity index (χ0n) is 23.7. The number of hydrogen-bond acceptors (Lipinski definition) is 6. The lowest BCUT2D eigenvalue weighted by Crippen LogP contribution is -2.68. The summed E-state index contributed by atoms with van der Waals surface area (Å²) < 4.78 is 30.1. The molecular formula is C33H37N3O5S. The third-order valence-electron chi connectivity index (χ3n) is 7.67. The quantitative estimate of drug-likeness (QED) is 0.176. The molecule has 0 spiro atoms. The lowest BCUT2D eigenvalue weighted by atomic mass is 9.79. The molecule has 4 atom stereocenters. The Bertz CT molecular complexity index is 1620. The minimum atomic E-state index is -4.27. The van der Waals surface area contributed by atoms with Gasteiger partial charge < -0.3 is 16.2 Å². The van der Waals surface area contributed by atoms with Crippen molar-refractivity contribution < 1.29 is 23.1 Å². The van der Waals surface area contributed by atoms with E-state index in [9.17, 15) is 23.1 Å². The number of Topliss-reactive ketones (excluding diaryl/α,β-unsaturated/α-hetero) is 1. The number of ketones is 1. The zero-order chi connectivity index (χ0) is 30.3. The summed E-state index contributed by atoms with van der Waals surface area (Å²) in [5.41, 5.74) is 5.21. The van der Waals surface area contributed by atoms with Gasteiger partial charge in [-0.15, -0.1) is 0 Å². The summed E-state index contributed by atoms with van der Waals surface area (Å²) in [6.45, 7) is 3.54. The molecule has 4 rings (SSSR count). The van der Waals surface area contributed by atoms with E-state index in [4.69, 9.17) is 5.73 Å². The van der Waals surface area contributed by atoms with E-state index in [0.717, 1.165) is 5.56 Å². The number of nitrogens with one attached hydrogen (secondary N) is 2. The van der Waals surface area contributed by atoms with Crippen molar-refractivity contribution in [3.63, 3.8) is 0 Å². The van der Waals surface area contributed by atoms with E-state index in [1.807, 2.05) is 12.1 Å². The maximum atomic E-state index is 14.3. The normalized spacial score (nSPS) is 15.3. The van der Waals surface area contributed by atoms with Gasteiger partial charge in [0.15, 0.2) is 5.78 Å². The van der Waals surface area contributed by atoms with Gasteiger partial charge >= 0.3 is 0 Å². The van der Waals surface area contributed by atoms with Crippen LogP contribution in [0.3, 0.4) is 0 Å². The molecule has 0 unspecified atom stereocenters. The molecule has 0 saturated heterocycles. The summed E-state index contributed by atoms with van der Waals surface area (Å²) in [7, 11) is -4.27. The average Bonchev–Trinajstić information content (AvgIpc) is 3.02. The third-order valence-corrected chi connectivity index (χ3v) is 9.17. The highest BCUT2D eigenvalue weighted by atomic mass is 32.2.